The van der Waals surface area contributed by atoms with Crippen molar-refractivity contribution in [2.24, 2.45) is 0 Å². The van der Waals surface area contributed by atoms with Crippen LogP contribution < -0.4 is 20.7 Å². The number of methoxy groups -OCH3 is 1. The lowest BCUT2D eigenvalue weighted by Gasteiger charge is -2.37. The Morgan fingerprint density at radius 3 is 2.34 bits per heavy atom. The van der Waals surface area contributed by atoms with Crippen molar-refractivity contribution in [1.29, 1.82) is 0 Å². The average Bonchev–Trinajstić information content (AvgIpc) is 3.66. The van der Waals surface area contributed by atoms with Crippen molar-refractivity contribution in [2.75, 3.05) is 20.3 Å². The number of aliphatic hydroxyl groups is 2. The van der Waals surface area contributed by atoms with Crippen LogP contribution in [0.1, 0.15) is 37.8 Å². The molecule has 0 radical (unpaired) electrons. The molecule has 2 aliphatic heterocycles. The highest BCUT2D eigenvalue weighted by molar-refractivity contribution is 5.90. The molecule has 0 spiro atoms. The second kappa shape index (κ2) is 11.8. The Hall–Kier alpha value is -2.98. The minimum Gasteiger partial charge on any atom is -0.497 e. The number of ether oxygens (including phenoxy) is 2. The van der Waals surface area contributed by atoms with Crippen LogP contribution in [-0.4, -0.2) is 77.7 Å². The summed E-state index contributed by atoms with van der Waals surface area (Å²) in [6, 6.07) is 14.5. The van der Waals surface area contributed by atoms with Gasteiger partial charge in [0.05, 0.1) is 25.4 Å². The van der Waals surface area contributed by atoms with Crippen LogP contribution in [-0.2, 0) is 27.2 Å². The minimum atomic E-state index is -1.23. The number of rotatable bonds is 11. The van der Waals surface area contributed by atoms with Crippen molar-refractivity contribution in [1.82, 2.24) is 16.0 Å². The van der Waals surface area contributed by atoms with E-state index in [4.69, 9.17) is 9.47 Å². The molecule has 6 atom stereocenters. The molecule has 4 rings (SSSR count). The Morgan fingerprint density at radius 1 is 1.08 bits per heavy atom. The number of carbonyl (C=O) groups is 2. The van der Waals surface area contributed by atoms with Gasteiger partial charge in [0, 0.05) is 6.42 Å². The summed E-state index contributed by atoms with van der Waals surface area (Å²) in [6.45, 7) is 4.46. The fourth-order valence-corrected chi connectivity index (χ4v) is 5.00. The van der Waals surface area contributed by atoms with Gasteiger partial charge < -0.3 is 35.6 Å². The van der Waals surface area contributed by atoms with Gasteiger partial charge >= 0.3 is 0 Å². The molecule has 2 aliphatic rings. The lowest BCUT2D eigenvalue weighted by Crippen LogP contribution is -2.63. The topological polar surface area (TPSA) is 132 Å². The van der Waals surface area contributed by atoms with Gasteiger partial charge in [0.1, 0.15) is 29.5 Å². The van der Waals surface area contributed by atoms with Crippen molar-refractivity contribution in [3.8, 4) is 5.75 Å². The maximum absolute atomic E-state index is 13.7. The molecule has 0 aliphatic carbocycles. The zero-order valence-corrected chi connectivity index (χ0v) is 22.3. The first-order chi connectivity index (χ1) is 18.1. The van der Waals surface area contributed by atoms with Crippen LogP contribution in [0.4, 0.5) is 0 Å². The van der Waals surface area contributed by atoms with Crippen molar-refractivity contribution in [2.45, 2.75) is 75.0 Å². The monoisotopic (exact) mass is 525 g/mol. The van der Waals surface area contributed by atoms with E-state index in [-0.39, 0.29) is 6.42 Å². The first-order valence-corrected chi connectivity index (χ1v) is 13.2. The third kappa shape index (κ3) is 6.91. The third-order valence-electron chi connectivity index (χ3n) is 7.56. The van der Waals surface area contributed by atoms with Crippen LogP contribution >= 0.6 is 0 Å². The molecule has 2 saturated heterocycles. The third-order valence-corrected chi connectivity index (χ3v) is 7.56. The molecular weight excluding hydrogens is 486 g/mol. The van der Waals surface area contributed by atoms with Crippen molar-refractivity contribution < 1.29 is 29.3 Å². The highest BCUT2D eigenvalue weighted by Gasteiger charge is 2.50. The number of piperidine rings is 1. The summed E-state index contributed by atoms with van der Waals surface area (Å²) in [5, 5.41) is 30.9. The number of hydrogen-bond acceptors (Lipinski definition) is 7. The van der Waals surface area contributed by atoms with E-state index in [0.717, 1.165) is 17.5 Å². The van der Waals surface area contributed by atoms with Crippen molar-refractivity contribution >= 4 is 11.8 Å². The summed E-state index contributed by atoms with van der Waals surface area (Å²) in [5.41, 5.74) is -0.175. The van der Waals surface area contributed by atoms with Gasteiger partial charge in [-0.05, 0) is 62.9 Å². The van der Waals surface area contributed by atoms with E-state index in [9.17, 15) is 19.8 Å². The molecule has 9 nitrogen and oxygen atoms in total. The van der Waals surface area contributed by atoms with E-state index in [0.29, 0.717) is 31.7 Å². The predicted molar refractivity (Wildman–Crippen MR) is 143 cm³/mol. The summed E-state index contributed by atoms with van der Waals surface area (Å²) < 4.78 is 10.7. The molecular formula is C29H39N3O6. The molecule has 38 heavy (non-hydrogen) atoms. The number of epoxide rings is 1. The molecule has 0 aromatic heterocycles. The quantitative estimate of drug-likeness (QED) is 0.278. The van der Waals surface area contributed by atoms with Crippen LogP contribution in [0.5, 0.6) is 5.75 Å². The van der Waals surface area contributed by atoms with E-state index in [1.807, 2.05) is 49.4 Å². The van der Waals surface area contributed by atoms with E-state index >= 15 is 0 Å². The molecule has 2 fully saturated rings. The van der Waals surface area contributed by atoms with Gasteiger partial charge in [0.25, 0.3) is 0 Å². The first kappa shape index (κ1) is 28.0. The maximum atomic E-state index is 13.7. The lowest BCUT2D eigenvalue weighted by molar-refractivity contribution is -0.136. The van der Waals surface area contributed by atoms with E-state index in [1.165, 1.54) is 0 Å². The van der Waals surface area contributed by atoms with Gasteiger partial charge in [-0.3, -0.25) is 9.59 Å². The van der Waals surface area contributed by atoms with Gasteiger partial charge in [0.15, 0.2) is 0 Å². The Kier molecular flexibility index (Phi) is 8.72. The Bertz CT molecular complexity index is 1090. The molecule has 9 heteroatoms. The number of nitrogens with one attached hydrogen (secondary N) is 3. The van der Waals surface area contributed by atoms with Gasteiger partial charge in [-0.25, -0.2) is 0 Å². The van der Waals surface area contributed by atoms with Crippen LogP contribution in [0, 0.1) is 0 Å². The molecule has 2 aromatic carbocycles. The Labute approximate surface area is 223 Å². The SMILES string of the molecule is COc1ccc(CC(NC(=O)C2NCCCC2(C)O)C(=O)NC(Cc2ccccc2)C(O)C2(C)CO2)cc1. The van der Waals surface area contributed by atoms with Crippen LogP contribution in [0.25, 0.3) is 0 Å². The second-order valence-corrected chi connectivity index (χ2v) is 10.8. The lowest BCUT2D eigenvalue weighted by atomic mass is 9.87. The summed E-state index contributed by atoms with van der Waals surface area (Å²) in [7, 11) is 1.58. The van der Waals surface area contributed by atoms with Gasteiger partial charge in [0.2, 0.25) is 11.8 Å². The molecule has 5 N–H and O–H groups in total. The molecule has 206 valence electrons. The smallest absolute Gasteiger partial charge is 0.243 e. The standard InChI is InChI=1S/C29H39N3O6/c1-28(36)14-7-15-30-24(28)27(35)32-23(17-20-10-12-21(37-3)13-11-20)26(34)31-22(25(33)29(2)18-38-29)16-19-8-5-4-6-9-19/h4-6,8-13,22-25,30,33,36H,7,14-18H2,1-3H3,(H,31,34)(H,32,35). The number of amides is 2. The predicted octanol–water partition coefficient (Wildman–Crippen LogP) is 1.10. The second-order valence-electron chi connectivity index (χ2n) is 10.8. The van der Waals surface area contributed by atoms with Crippen LogP contribution in [0.2, 0.25) is 0 Å². The normalized spacial score (nSPS) is 27.0. The number of benzene rings is 2. The van der Waals surface area contributed by atoms with Gasteiger partial charge in [-0.2, -0.15) is 0 Å². The molecule has 6 unspecified atom stereocenters. The van der Waals surface area contributed by atoms with Gasteiger partial charge in [-0.15, -0.1) is 0 Å². The van der Waals surface area contributed by atoms with E-state index in [1.54, 1.807) is 26.2 Å². The average molecular weight is 526 g/mol. The number of carbonyl (C=O) groups excluding carboxylic acids is 2. The zero-order chi connectivity index (χ0) is 27.3. The first-order valence-electron chi connectivity index (χ1n) is 13.2. The van der Waals surface area contributed by atoms with Crippen LogP contribution in [0.15, 0.2) is 54.6 Å². The summed E-state index contributed by atoms with van der Waals surface area (Å²) in [5.74, 6) is -0.181. The summed E-state index contributed by atoms with van der Waals surface area (Å²) >= 11 is 0. The minimum absolute atomic E-state index is 0.221. The van der Waals surface area contributed by atoms with Crippen molar-refractivity contribution in [3.63, 3.8) is 0 Å². The largest absolute Gasteiger partial charge is 0.497 e. The fourth-order valence-electron chi connectivity index (χ4n) is 5.00. The Balaban J connectivity index is 1.55. The van der Waals surface area contributed by atoms with Gasteiger partial charge in [-0.1, -0.05) is 42.5 Å². The maximum Gasteiger partial charge on any atom is 0.243 e. The highest BCUT2D eigenvalue weighted by Crippen LogP contribution is 2.32. The zero-order valence-electron chi connectivity index (χ0n) is 22.3. The molecule has 2 amide bonds. The molecule has 0 bridgehead atoms. The number of aliphatic hydroxyl groups excluding tert-OH is 1. The summed E-state index contributed by atoms with van der Waals surface area (Å²) in [4.78, 5) is 27.0. The van der Waals surface area contributed by atoms with Crippen molar-refractivity contribution in [3.05, 3.63) is 65.7 Å². The number of hydrogen-bond donors (Lipinski definition) is 5. The summed E-state index contributed by atoms with van der Waals surface area (Å²) in [6.07, 6.45) is 0.918. The molecule has 2 heterocycles. The fraction of sp³-hybridized carbons (Fsp3) is 0.517. The van der Waals surface area contributed by atoms with E-state index < -0.39 is 47.2 Å². The van der Waals surface area contributed by atoms with E-state index in [2.05, 4.69) is 16.0 Å². The van der Waals surface area contributed by atoms with Crippen LogP contribution in [0.3, 0.4) is 0 Å². The molecule has 0 saturated carbocycles. The molecule has 2 aromatic rings. The Morgan fingerprint density at radius 2 is 1.74 bits per heavy atom. The highest BCUT2D eigenvalue weighted by atomic mass is 16.6.